The van der Waals surface area contributed by atoms with E-state index >= 15 is 0 Å². The standard InChI is InChI=1S/C12H20O3/c1-4-11(2)6-5-7-12(3,15)9(11)8-10(13)14/h4,9,15H,1,5-8H2,2-3H3,(H,13,14)/t9-,11-,12-/m0/s1. The van der Waals surface area contributed by atoms with Crippen molar-refractivity contribution >= 4 is 5.97 Å². The van der Waals surface area contributed by atoms with E-state index in [4.69, 9.17) is 5.11 Å². The zero-order valence-corrected chi connectivity index (χ0v) is 9.49. The number of rotatable bonds is 3. The lowest BCUT2D eigenvalue weighted by Gasteiger charge is -2.47. The Morgan fingerprint density at radius 3 is 2.60 bits per heavy atom. The molecule has 0 aromatic rings. The summed E-state index contributed by atoms with van der Waals surface area (Å²) in [6.07, 6.45) is 4.31. The maximum atomic E-state index is 10.8. The number of carboxylic acid groups (broad SMARTS) is 1. The zero-order chi connectivity index (χ0) is 11.7. The highest BCUT2D eigenvalue weighted by Gasteiger charge is 2.47. The van der Waals surface area contributed by atoms with E-state index < -0.39 is 11.6 Å². The van der Waals surface area contributed by atoms with Crippen molar-refractivity contribution in [1.82, 2.24) is 0 Å². The minimum Gasteiger partial charge on any atom is -0.481 e. The van der Waals surface area contributed by atoms with Gasteiger partial charge in [0.25, 0.3) is 0 Å². The maximum Gasteiger partial charge on any atom is 0.303 e. The summed E-state index contributed by atoms with van der Waals surface area (Å²) in [4.78, 5) is 10.8. The van der Waals surface area contributed by atoms with Gasteiger partial charge in [0.15, 0.2) is 0 Å². The van der Waals surface area contributed by atoms with E-state index in [0.29, 0.717) is 6.42 Å². The van der Waals surface area contributed by atoms with Crippen molar-refractivity contribution in [3.8, 4) is 0 Å². The lowest BCUT2D eigenvalue weighted by molar-refractivity contribution is -0.146. The Bertz CT molecular complexity index is 270. The quantitative estimate of drug-likeness (QED) is 0.705. The predicted molar refractivity (Wildman–Crippen MR) is 58.5 cm³/mol. The van der Waals surface area contributed by atoms with E-state index in [0.717, 1.165) is 12.8 Å². The first kappa shape index (κ1) is 12.2. The normalized spacial score (nSPS) is 41.1. The molecule has 0 aliphatic heterocycles. The fourth-order valence-corrected chi connectivity index (χ4v) is 2.76. The van der Waals surface area contributed by atoms with Crippen LogP contribution in [0, 0.1) is 11.3 Å². The van der Waals surface area contributed by atoms with Crippen molar-refractivity contribution in [3.05, 3.63) is 12.7 Å². The third-order valence-corrected chi connectivity index (χ3v) is 3.79. The van der Waals surface area contributed by atoms with Crippen LogP contribution in [0.1, 0.15) is 39.5 Å². The monoisotopic (exact) mass is 212 g/mol. The smallest absolute Gasteiger partial charge is 0.303 e. The number of hydrogen-bond acceptors (Lipinski definition) is 2. The summed E-state index contributed by atoms with van der Waals surface area (Å²) in [6, 6.07) is 0. The number of hydrogen-bond donors (Lipinski definition) is 2. The predicted octanol–water partition coefficient (Wildman–Crippen LogP) is 2.20. The number of allylic oxidation sites excluding steroid dienone is 1. The Hall–Kier alpha value is -0.830. The summed E-state index contributed by atoms with van der Waals surface area (Å²) in [7, 11) is 0. The largest absolute Gasteiger partial charge is 0.481 e. The molecule has 3 atom stereocenters. The Balaban J connectivity index is 2.97. The van der Waals surface area contributed by atoms with Gasteiger partial charge in [-0.25, -0.2) is 0 Å². The van der Waals surface area contributed by atoms with Crippen LogP contribution in [0.5, 0.6) is 0 Å². The van der Waals surface area contributed by atoms with Gasteiger partial charge in [-0.15, -0.1) is 6.58 Å². The van der Waals surface area contributed by atoms with E-state index in [2.05, 4.69) is 6.58 Å². The van der Waals surface area contributed by atoms with Gasteiger partial charge < -0.3 is 10.2 Å². The molecule has 1 aliphatic carbocycles. The second-order valence-electron chi connectivity index (χ2n) is 5.07. The van der Waals surface area contributed by atoms with Crippen LogP contribution in [0.2, 0.25) is 0 Å². The molecule has 1 rings (SSSR count). The van der Waals surface area contributed by atoms with Crippen LogP contribution in [0.3, 0.4) is 0 Å². The van der Waals surface area contributed by atoms with Crippen LogP contribution in [0.4, 0.5) is 0 Å². The average molecular weight is 212 g/mol. The van der Waals surface area contributed by atoms with Crippen LogP contribution in [-0.2, 0) is 4.79 Å². The Morgan fingerprint density at radius 1 is 1.53 bits per heavy atom. The first-order valence-corrected chi connectivity index (χ1v) is 5.39. The molecule has 0 spiro atoms. The van der Waals surface area contributed by atoms with Crippen LogP contribution in [-0.4, -0.2) is 21.8 Å². The fourth-order valence-electron chi connectivity index (χ4n) is 2.76. The molecule has 3 nitrogen and oxygen atoms in total. The minimum atomic E-state index is -0.889. The SMILES string of the molecule is C=C[C@@]1(C)CCC[C@](C)(O)[C@H]1CC(=O)O. The third kappa shape index (κ3) is 2.40. The van der Waals surface area contributed by atoms with Crippen LogP contribution in [0.25, 0.3) is 0 Å². The topological polar surface area (TPSA) is 57.5 Å². The number of aliphatic hydroxyl groups is 1. The minimum absolute atomic E-state index is 0.00944. The maximum absolute atomic E-state index is 10.8. The molecule has 3 heteroatoms. The molecule has 0 saturated heterocycles. The fraction of sp³-hybridized carbons (Fsp3) is 0.750. The lowest BCUT2D eigenvalue weighted by Crippen LogP contribution is -2.48. The molecule has 0 bridgehead atoms. The van der Waals surface area contributed by atoms with Crippen LogP contribution >= 0.6 is 0 Å². The molecule has 2 N–H and O–H groups in total. The van der Waals surface area contributed by atoms with Crippen molar-refractivity contribution in [1.29, 1.82) is 0 Å². The first-order valence-electron chi connectivity index (χ1n) is 5.39. The van der Waals surface area contributed by atoms with E-state index in [1.807, 2.05) is 6.92 Å². The highest BCUT2D eigenvalue weighted by Crippen LogP contribution is 2.48. The molecule has 1 fully saturated rings. The van der Waals surface area contributed by atoms with Crippen molar-refractivity contribution < 1.29 is 15.0 Å². The molecule has 0 amide bonds. The molecule has 0 heterocycles. The summed E-state index contributed by atoms with van der Waals surface area (Å²) in [6.45, 7) is 7.50. The van der Waals surface area contributed by atoms with Crippen LogP contribution < -0.4 is 0 Å². The van der Waals surface area contributed by atoms with Crippen molar-refractivity contribution in [3.63, 3.8) is 0 Å². The third-order valence-electron chi connectivity index (χ3n) is 3.79. The Kier molecular flexibility index (Phi) is 3.24. The Morgan fingerprint density at radius 2 is 2.13 bits per heavy atom. The molecular weight excluding hydrogens is 192 g/mol. The molecule has 0 unspecified atom stereocenters. The van der Waals surface area contributed by atoms with Crippen molar-refractivity contribution in [2.45, 2.75) is 45.1 Å². The van der Waals surface area contributed by atoms with Gasteiger partial charge in [-0.1, -0.05) is 13.0 Å². The van der Waals surface area contributed by atoms with E-state index in [1.165, 1.54) is 0 Å². The lowest BCUT2D eigenvalue weighted by atomic mass is 9.60. The van der Waals surface area contributed by atoms with E-state index in [1.54, 1.807) is 13.0 Å². The van der Waals surface area contributed by atoms with Gasteiger partial charge in [0, 0.05) is 5.92 Å². The van der Waals surface area contributed by atoms with Crippen molar-refractivity contribution in [2.24, 2.45) is 11.3 Å². The van der Waals surface area contributed by atoms with E-state index in [9.17, 15) is 9.90 Å². The molecule has 0 aromatic heterocycles. The number of aliphatic carboxylic acids is 1. The molecule has 1 aliphatic rings. The summed E-state index contributed by atoms with van der Waals surface area (Å²) in [5.41, 5.74) is -1.15. The van der Waals surface area contributed by atoms with Gasteiger partial charge in [-0.05, 0) is 31.6 Å². The molecule has 15 heavy (non-hydrogen) atoms. The van der Waals surface area contributed by atoms with Gasteiger partial charge in [0.1, 0.15) is 0 Å². The van der Waals surface area contributed by atoms with E-state index in [-0.39, 0.29) is 17.8 Å². The average Bonchev–Trinajstić information content (AvgIpc) is 2.11. The second kappa shape index (κ2) is 3.97. The first-order chi connectivity index (χ1) is 6.82. The van der Waals surface area contributed by atoms with Gasteiger partial charge in [-0.2, -0.15) is 0 Å². The molecule has 86 valence electrons. The van der Waals surface area contributed by atoms with Gasteiger partial charge in [0.2, 0.25) is 0 Å². The molecule has 1 saturated carbocycles. The summed E-state index contributed by atoms with van der Waals surface area (Å²) < 4.78 is 0. The van der Waals surface area contributed by atoms with Gasteiger partial charge in [0.05, 0.1) is 12.0 Å². The van der Waals surface area contributed by atoms with Gasteiger partial charge >= 0.3 is 5.97 Å². The zero-order valence-electron chi connectivity index (χ0n) is 9.49. The summed E-state index contributed by atoms with van der Waals surface area (Å²) in [5, 5.41) is 19.1. The molecular formula is C12H20O3. The number of carbonyl (C=O) groups is 1. The second-order valence-corrected chi connectivity index (χ2v) is 5.07. The molecule has 0 aromatic carbocycles. The highest BCUT2D eigenvalue weighted by atomic mass is 16.4. The van der Waals surface area contributed by atoms with Gasteiger partial charge in [-0.3, -0.25) is 4.79 Å². The summed E-state index contributed by atoms with van der Waals surface area (Å²) >= 11 is 0. The Labute approximate surface area is 90.8 Å². The summed E-state index contributed by atoms with van der Waals surface area (Å²) in [5.74, 6) is -1.09. The molecule has 0 radical (unpaired) electrons. The van der Waals surface area contributed by atoms with Crippen molar-refractivity contribution in [2.75, 3.05) is 0 Å². The highest BCUT2D eigenvalue weighted by molar-refractivity contribution is 5.67. The number of carboxylic acids is 1. The van der Waals surface area contributed by atoms with Crippen LogP contribution in [0.15, 0.2) is 12.7 Å².